The van der Waals surface area contributed by atoms with Crippen LogP contribution in [0, 0.1) is 46.3 Å². The maximum atomic E-state index is 14.0. The van der Waals surface area contributed by atoms with Gasteiger partial charge in [0.05, 0.1) is 36.4 Å². The third-order valence-electron chi connectivity index (χ3n) is 16.3. The molecule has 2 saturated heterocycles. The Morgan fingerprint density at radius 3 is 2.47 bits per heavy atom. The fourth-order valence-corrected chi connectivity index (χ4v) is 12.9. The molecule has 0 radical (unpaired) electrons. The van der Waals surface area contributed by atoms with E-state index >= 15 is 0 Å². The highest BCUT2D eigenvalue weighted by molar-refractivity contribution is 5.83. The number of hydrogen-bond acceptors (Lipinski definition) is 11. The van der Waals surface area contributed by atoms with Crippen molar-refractivity contribution in [3.63, 3.8) is 0 Å². The summed E-state index contributed by atoms with van der Waals surface area (Å²) in [5.41, 5.74) is 0.748. The molecular weight excluding hydrogens is 753 g/mol. The first kappa shape index (κ1) is 46.6. The lowest BCUT2D eigenvalue weighted by atomic mass is 9.46. The van der Waals surface area contributed by atoms with Crippen molar-refractivity contribution in [1.29, 1.82) is 0 Å². The van der Waals surface area contributed by atoms with Crippen LogP contribution in [0.15, 0.2) is 11.6 Å². The Labute approximate surface area is 353 Å². The second kappa shape index (κ2) is 19.6. The number of ketones is 1. The number of nitrogens with zero attached hydrogens (tertiary/aromatic N) is 1. The Hall–Kier alpha value is -1.93. The average molecular weight is 831 g/mol. The molecular formula is C47H78N2O10. The Morgan fingerprint density at radius 1 is 0.983 bits per heavy atom. The van der Waals surface area contributed by atoms with E-state index in [2.05, 4.69) is 30.1 Å². The van der Waals surface area contributed by atoms with E-state index in [4.69, 9.17) is 14.2 Å². The van der Waals surface area contributed by atoms with Gasteiger partial charge in [-0.25, -0.2) is 0 Å². The predicted molar refractivity (Wildman–Crippen MR) is 224 cm³/mol. The molecule has 5 fully saturated rings. The fraction of sp³-hybridized carbons (Fsp3) is 0.894. The van der Waals surface area contributed by atoms with Gasteiger partial charge in [0.2, 0.25) is 5.91 Å². The zero-order chi connectivity index (χ0) is 42.8. The minimum atomic E-state index is -1.29. The number of fused-ring (bicyclic) bond motifs is 5. The molecule has 12 nitrogen and oxygen atoms in total. The normalized spacial score (nSPS) is 45.5. The molecule has 4 aliphatic carbocycles. The number of cyclic esters (lactones) is 1. The van der Waals surface area contributed by atoms with E-state index in [0.717, 1.165) is 44.9 Å². The van der Waals surface area contributed by atoms with Crippen molar-refractivity contribution in [3.8, 4) is 0 Å². The second-order valence-electron chi connectivity index (χ2n) is 20.3. The predicted octanol–water partition coefficient (Wildman–Crippen LogP) is 5.46. The van der Waals surface area contributed by atoms with Crippen LogP contribution in [-0.4, -0.2) is 118 Å². The van der Waals surface area contributed by atoms with Crippen molar-refractivity contribution < 1.29 is 49.0 Å². The number of carbonyl (C=O) groups is 3. The number of rotatable bonds is 8. The van der Waals surface area contributed by atoms with Gasteiger partial charge >= 0.3 is 5.97 Å². The Bertz CT molecular complexity index is 1490. The molecule has 5 N–H and O–H groups in total. The van der Waals surface area contributed by atoms with Gasteiger partial charge in [0.15, 0.2) is 6.29 Å². The number of amides is 1. The lowest BCUT2D eigenvalue weighted by molar-refractivity contribution is -0.236. The number of nitrogens with one attached hydrogen (secondary N) is 1. The monoisotopic (exact) mass is 831 g/mol. The van der Waals surface area contributed by atoms with Crippen molar-refractivity contribution in [2.45, 2.75) is 200 Å². The Morgan fingerprint density at radius 2 is 1.75 bits per heavy atom. The van der Waals surface area contributed by atoms with Crippen molar-refractivity contribution in [1.82, 2.24) is 10.2 Å². The summed E-state index contributed by atoms with van der Waals surface area (Å²) in [6, 6.07) is -0.503. The van der Waals surface area contributed by atoms with Gasteiger partial charge in [0, 0.05) is 37.9 Å². The van der Waals surface area contributed by atoms with Crippen LogP contribution in [0.1, 0.15) is 145 Å². The summed E-state index contributed by atoms with van der Waals surface area (Å²) in [5, 5.41) is 49.6. The fourth-order valence-electron chi connectivity index (χ4n) is 12.9. The molecule has 0 aromatic rings. The van der Waals surface area contributed by atoms with Crippen molar-refractivity contribution in [2.24, 2.45) is 46.3 Å². The molecule has 2 heterocycles. The molecule has 0 aromatic carbocycles. The maximum absolute atomic E-state index is 14.0. The van der Waals surface area contributed by atoms with E-state index < -0.39 is 60.8 Å². The second-order valence-corrected chi connectivity index (χ2v) is 20.3. The third kappa shape index (κ3) is 9.99. The molecule has 3 unspecified atom stereocenters. The van der Waals surface area contributed by atoms with Crippen LogP contribution in [0.5, 0.6) is 0 Å². The lowest BCUT2D eigenvalue weighted by Gasteiger charge is -2.59. The molecule has 17 atom stereocenters. The van der Waals surface area contributed by atoms with Crippen LogP contribution in [0.3, 0.4) is 0 Å². The van der Waals surface area contributed by atoms with Gasteiger partial charge in [-0.3, -0.25) is 19.3 Å². The van der Waals surface area contributed by atoms with Gasteiger partial charge in [0.25, 0.3) is 0 Å². The summed E-state index contributed by atoms with van der Waals surface area (Å²) in [4.78, 5) is 41.8. The molecule has 336 valence electrons. The molecule has 59 heavy (non-hydrogen) atoms. The maximum Gasteiger partial charge on any atom is 0.309 e. The number of carbonyl (C=O) groups excluding carboxylic acids is 3. The van der Waals surface area contributed by atoms with Crippen molar-refractivity contribution in [3.05, 3.63) is 11.6 Å². The summed E-state index contributed by atoms with van der Waals surface area (Å²) in [7, 11) is 0. The smallest absolute Gasteiger partial charge is 0.309 e. The topological polar surface area (TPSA) is 175 Å². The standard InChI is InChI=1S/C47H78N2O10/c1-8-38-42(54)41(53)30(5)49(22-10-13-36(51)43(27(2)24-28(3)45(56)58-38)59-39-14-9-12-29(4)57-39)23-11-21-48-44(55)35-18-17-34-33-16-15-31-25-32(50)19-20-46(31,6)40(33)37(52)26-47(34,35)7/h15,27-30,33-43,51-54H,8-14,16-26H2,1-7H3,(H,48,55)/t27-,28+,29+,30+,33?,34?,35+,36+,37-,38+,39-,40?,41+,42+,43+,46-,47-/m0/s1. The van der Waals surface area contributed by atoms with E-state index in [1.54, 1.807) is 6.92 Å². The molecule has 0 bridgehead atoms. The van der Waals surface area contributed by atoms with E-state index in [0.29, 0.717) is 88.6 Å². The van der Waals surface area contributed by atoms with Crippen LogP contribution < -0.4 is 5.32 Å². The van der Waals surface area contributed by atoms with Crippen LogP contribution in [0.2, 0.25) is 0 Å². The largest absolute Gasteiger partial charge is 0.459 e. The van der Waals surface area contributed by atoms with Gasteiger partial charge < -0.3 is 40.0 Å². The first-order valence-electron chi connectivity index (χ1n) is 23.4. The van der Waals surface area contributed by atoms with E-state index in [9.17, 15) is 34.8 Å². The van der Waals surface area contributed by atoms with Crippen LogP contribution in [0.25, 0.3) is 0 Å². The molecule has 6 rings (SSSR count). The zero-order valence-corrected chi connectivity index (χ0v) is 37.2. The zero-order valence-electron chi connectivity index (χ0n) is 37.2. The summed E-state index contributed by atoms with van der Waals surface area (Å²) >= 11 is 0. The van der Waals surface area contributed by atoms with Crippen LogP contribution >= 0.6 is 0 Å². The molecule has 2 aliphatic heterocycles. The number of ether oxygens (including phenoxy) is 3. The van der Waals surface area contributed by atoms with Gasteiger partial charge in [-0.2, -0.15) is 0 Å². The highest BCUT2D eigenvalue weighted by atomic mass is 16.7. The third-order valence-corrected chi connectivity index (χ3v) is 16.3. The van der Waals surface area contributed by atoms with Crippen molar-refractivity contribution >= 4 is 17.7 Å². The van der Waals surface area contributed by atoms with Crippen LogP contribution in [-0.2, 0) is 28.6 Å². The molecule has 0 spiro atoms. The molecule has 12 heteroatoms. The van der Waals surface area contributed by atoms with Gasteiger partial charge in [-0.05, 0) is 138 Å². The molecule has 0 aromatic heterocycles. The molecule has 1 amide bonds. The van der Waals surface area contributed by atoms with E-state index in [1.165, 1.54) is 5.57 Å². The number of Topliss-reactive ketones (excluding diaryl/α,β-unsaturated/α-hetero) is 1. The SMILES string of the molecule is CC[C@H]1OC(=O)[C@H](C)C[C@H](C)[C@@H](O[C@H]2CCC[C@@H](C)O2)[C@H](O)CCCN(CCCNC(=O)[C@H]2CCC3C4CC=C5CC(=O)CC[C@]5(C)C4[C@@H](O)C[C@@]32C)[C@H](C)[C@@H](O)[C@@H]1O. The number of allylic oxidation sites excluding steroid dienone is 2. The first-order valence-corrected chi connectivity index (χ1v) is 23.4. The van der Waals surface area contributed by atoms with Crippen molar-refractivity contribution in [2.75, 3.05) is 19.6 Å². The van der Waals surface area contributed by atoms with Gasteiger partial charge in [-0.1, -0.05) is 46.3 Å². The summed E-state index contributed by atoms with van der Waals surface area (Å²) in [5.74, 6) is -0.251. The lowest BCUT2D eigenvalue weighted by Crippen LogP contribution is -2.57. The quantitative estimate of drug-likeness (QED) is 0.119. The van der Waals surface area contributed by atoms with Crippen LogP contribution in [0.4, 0.5) is 0 Å². The number of hydrogen-bond donors (Lipinski definition) is 5. The molecule has 3 saturated carbocycles. The van der Waals surface area contributed by atoms with Gasteiger partial charge in [-0.15, -0.1) is 0 Å². The Kier molecular flexibility index (Phi) is 15.5. The number of aliphatic hydroxyl groups is 4. The number of esters is 1. The minimum Gasteiger partial charge on any atom is -0.459 e. The summed E-state index contributed by atoms with van der Waals surface area (Å²) in [6.45, 7) is 15.5. The minimum absolute atomic E-state index is 0.0317. The summed E-state index contributed by atoms with van der Waals surface area (Å²) in [6.07, 6.45) is 6.90. The highest BCUT2D eigenvalue weighted by Crippen LogP contribution is 2.66. The average Bonchev–Trinajstić information content (AvgIpc) is 3.54. The van der Waals surface area contributed by atoms with E-state index in [-0.39, 0.29) is 40.6 Å². The first-order chi connectivity index (χ1) is 28.0. The summed E-state index contributed by atoms with van der Waals surface area (Å²) < 4.78 is 18.4. The van der Waals surface area contributed by atoms with Gasteiger partial charge in [0.1, 0.15) is 18.0 Å². The Balaban J connectivity index is 1.10. The number of aliphatic hydroxyl groups excluding tert-OH is 4. The molecule has 6 aliphatic rings. The highest BCUT2D eigenvalue weighted by Gasteiger charge is 2.62. The van der Waals surface area contributed by atoms with E-state index in [1.807, 2.05) is 27.7 Å².